The van der Waals surface area contributed by atoms with E-state index in [9.17, 15) is 0 Å². The molecule has 0 heterocycles. The quantitative estimate of drug-likeness (QED) is 0.386. The van der Waals surface area contributed by atoms with E-state index in [2.05, 4.69) is 24.7 Å². The fraction of sp³-hybridized carbons (Fsp3) is 0. The van der Waals surface area contributed by atoms with Crippen molar-refractivity contribution in [1.82, 2.24) is 0 Å². The van der Waals surface area contributed by atoms with Crippen LogP contribution < -0.4 is 0 Å². The SMILES string of the molecule is C=C/C=N\C(=C)C=C. The highest BCUT2D eigenvalue weighted by atomic mass is 14.7. The molecular weight excluding hydrogens is 98.1 g/mol. The van der Waals surface area contributed by atoms with Gasteiger partial charge in [-0.05, 0) is 6.08 Å². The Morgan fingerprint density at radius 2 is 2.00 bits per heavy atom. The molecule has 0 aliphatic carbocycles. The summed E-state index contributed by atoms with van der Waals surface area (Å²) in [6.45, 7) is 10.5. The van der Waals surface area contributed by atoms with Crippen molar-refractivity contribution in [3.05, 3.63) is 37.6 Å². The summed E-state index contributed by atoms with van der Waals surface area (Å²) in [6, 6.07) is 0. The summed E-state index contributed by atoms with van der Waals surface area (Å²) in [7, 11) is 0. The molecule has 0 aliphatic heterocycles. The number of aliphatic imine (C=N–C) groups is 1. The van der Waals surface area contributed by atoms with Gasteiger partial charge in [-0.3, -0.25) is 4.99 Å². The molecule has 1 nitrogen and oxygen atoms in total. The van der Waals surface area contributed by atoms with Crippen LogP contribution in [0.15, 0.2) is 42.6 Å². The second-order valence-electron chi connectivity index (χ2n) is 1.21. The molecule has 0 amide bonds. The van der Waals surface area contributed by atoms with Crippen molar-refractivity contribution in [2.24, 2.45) is 4.99 Å². The number of hydrogen-bond donors (Lipinski definition) is 0. The second-order valence-corrected chi connectivity index (χ2v) is 1.21. The fourth-order valence-electron chi connectivity index (χ4n) is 0.201. The van der Waals surface area contributed by atoms with Gasteiger partial charge in [0.15, 0.2) is 0 Å². The Kier molecular flexibility index (Phi) is 3.50. The van der Waals surface area contributed by atoms with Gasteiger partial charge in [-0.25, -0.2) is 0 Å². The maximum absolute atomic E-state index is 3.81. The third-order valence-corrected chi connectivity index (χ3v) is 0.581. The molecule has 1 heteroatoms. The minimum atomic E-state index is 0.657. The van der Waals surface area contributed by atoms with Crippen LogP contribution in [-0.4, -0.2) is 6.21 Å². The Balaban J connectivity index is 3.69. The molecule has 0 aromatic carbocycles. The summed E-state index contributed by atoms with van der Waals surface area (Å²) in [6.07, 6.45) is 4.75. The van der Waals surface area contributed by atoms with Gasteiger partial charge >= 0.3 is 0 Å². The molecule has 0 saturated heterocycles. The molecule has 0 aromatic rings. The topological polar surface area (TPSA) is 12.4 Å². The van der Waals surface area contributed by atoms with E-state index in [1.807, 2.05) is 0 Å². The van der Waals surface area contributed by atoms with Crippen LogP contribution in [0, 0.1) is 0 Å². The van der Waals surface area contributed by atoms with Gasteiger partial charge in [-0.2, -0.15) is 0 Å². The van der Waals surface area contributed by atoms with Gasteiger partial charge in [0.05, 0.1) is 5.70 Å². The standard InChI is InChI=1S/C7H9N/c1-4-6-8-7(3)5-2/h4-6H,1-3H2/b8-6-. The van der Waals surface area contributed by atoms with E-state index < -0.39 is 0 Å². The number of rotatable bonds is 3. The average molecular weight is 107 g/mol. The van der Waals surface area contributed by atoms with Crippen molar-refractivity contribution in [3.63, 3.8) is 0 Å². The summed E-state index contributed by atoms with van der Waals surface area (Å²) >= 11 is 0. The molecule has 0 spiro atoms. The highest BCUT2D eigenvalue weighted by molar-refractivity contribution is 5.71. The van der Waals surface area contributed by atoms with E-state index in [0.29, 0.717) is 5.70 Å². The maximum Gasteiger partial charge on any atom is 0.0551 e. The van der Waals surface area contributed by atoms with E-state index in [0.717, 1.165) is 0 Å². The Bertz CT molecular complexity index is 131. The van der Waals surface area contributed by atoms with Crippen LogP contribution in [0.2, 0.25) is 0 Å². The maximum atomic E-state index is 3.81. The first-order chi connectivity index (χ1) is 3.81. The lowest BCUT2D eigenvalue weighted by Gasteiger charge is -1.81. The number of hydrogen-bond acceptors (Lipinski definition) is 1. The zero-order valence-corrected chi connectivity index (χ0v) is 4.80. The summed E-state index contributed by atoms with van der Waals surface area (Å²) in [5, 5.41) is 0. The van der Waals surface area contributed by atoms with Crippen molar-refractivity contribution in [1.29, 1.82) is 0 Å². The van der Waals surface area contributed by atoms with E-state index in [1.165, 1.54) is 0 Å². The molecule has 42 valence electrons. The molecule has 0 bridgehead atoms. The molecule has 0 unspecified atom stereocenters. The van der Waals surface area contributed by atoms with Gasteiger partial charge in [-0.15, -0.1) is 0 Å². The normalized spacial score (nSPS) is 9.00. The smallest absolute Gasteiger partial charge is 0.0551 e. The van der Waals surface area contributed by atoms with Gasteiger partial charge in [0.25, 0.3) is 0 Å². The number of allylic oxidation sites excluding steroid dienone is 2. The van der Waals surface area contributed by atoms with Crippen LogP contribution >= 0.6 is 0 Å². The first-order valence-electron chi connectivity index (χ1n) is 2.27. The van der Waals surface area contributed by atoms with Crippen LogP contribution in [0.5, 0.6) is 0 Å². The molecular formula is C7H9N. The van der Waals surface area contributed by atoms with E-state index in [4.69, 9.17) is 0 Å². The zero-order valence-electron chi connectivity index (χ0n) is 4.80. The lowest BCUT2D eigenvalue weighted by Crippen LogP contribution is -1.65. The minimum Gasteiger partial charge on any atom is -0.258 e. The van der Waals surface area contributed by atoms with Gasteiger partial charge in [0.1, 0.15) is 0 Å². The molecule has 0 saturated carbocycles. The van der Waals surface area contributed by atoms with Gasteiger partial charge in [0, 0.05) is 6.21 Å². The predicted molar refractivity (Wildman–Crippen MR) is 38.0 cm³/mol. The van der Waals surface area contributed by atoms with E-state index in [-0.39, 0.29) is 0 Å². The van der Waals surface area contributed by atoms with Crippen LogP contribution in [0.25, 0.3) is 0 Å². The van der Waals surface area contributed by atoms with E-state index >= 15 is 0 Å². The Labute approximate surface area is 49.8 Å². The Hall–Kier alpha value is -1.11. The van der Waals surface area contributed by atoms with Gasteiger partial charge in [-0.1, -0.05) is 25.8 Å². The third kappa shape index (κ3) is 3.09. The van der Waals surface area contributed by atoms with Crippen LogP contribution in [0.3, 0.4) is 0 Å². The lowest BCUT2D eigenvalue weighted by molar-refractivity contribution is 1.46. The summed E-state index contributed by atoms with van der Waals surface area (Å²) < 4.78 is 0. The summed E-state index contributed by atoms with van der Waals surface area (Å²) in [5.74, 6) is 0. The van der Waals surface area contributed by atoms with Crippen molar-refractivity contribution in [3.8, 4) is 0 Å². The van der Waals surface area contributed by atoms with Gasteiger partial charge in [0.2, 0.25) is 0 Å². The third-order valence-electron chi connectivity index (χ3n) is 0.581. The van der Waals surface area contributed by atoms with Crippen LogP contribution in [0.4, 0.5) is 0 Å². The van der Waals surface area contributed by atoms with Crippen molar-refractivity contribution >= 4 is 6.21 Å². The molecule has 0 aromatic heterocycles. The highest BCUT2D eigenvalue weighted by Crippen LogP contribution is 1.88. The molecule has 8 heavy (non-hydrogen) atoms. The lowest BCUT2D eigenvalue weighted by atomic mass is 10.5. The van der Waals surface area contributed by atoms with Crippen molar-refractivity contribution in [2.75, 3.05) is 0 Å². The molecule has 0 aliphatic rings. The predicted octanol–water partition coefficient (Wildman–Crippen LogP) is 1.94. The van der Waals surface area contributed by atoms with Crippen molar-refractivity contribution in [2.45, 2.75) is 0 Å². The zero-order chi connectivity index (χ0) is 6.41. The monoisotopic (exact) mass is 107 g/mol. The molecule has 0 atom stereocenters. The van der Waals surface area contributed by atoms with E-state index in [1.54, 1.807) is 18.4 Å². The highest BCUT2D eigenvalue weighted by Gasteiger charge is 1.71. The Morgan fingerprint density at radius 3 is 2.38 bits per heavy atom. The minimum absolute atomic E-state index is 0.657. The largest absolute Gasteiger partial charge is 0.258 e. The first kappa shape index (κ1) is 6.89. The first-order valence-corrected chi connectivity index (χ1v) is 2.27. The van der Waals surface area contributed by atoms with Gasteiger partial charge < -0.3 is 0 Å². The molecule has 0 fully saturated rings. The average Bonchev–Trinajstić information content (AvgIpc) is 1.83. The molecule has 0 radical (unpaired) electrons. The number of nitrogens with zero attached hydrogens (tertiary/aromatic N) is 1. The summed E-state index contributed by atoms with van der Waals surface area (Å²) in [5.41, 5.74) is 0.657. The molecule has 0 rings (SSSR count). The van der Waals surface area contributed by atoms with Crippen LogP contribution in [0.1, 0.15) is 0 Å². The summed E-state index contributed by atoms with van der Waals surface area (Å²) in [4.78, 5) is 3.81. The Morgan fingerprint density at radius 1 is 1.38 bits per heavy atom. The van der Waals surface area contributed by atoms with Crippen LogP contribution in [-0.2, 0) is 0 Å². The molecule has 0 N–H and O–H groups in total. The van der Waals surface area contributed by atoms with Crippen molar-refractivity contribution < 1.29 is 0 Å². The second kappa shape index (κ2) is 4.06. The fourth-order valence-corrected chi connectivity index (χ4v) is 0.201.